The van der Waals surface area contributed by atoms with Crippen molar-refractivity contribution in [1.29, 1.82) is 0 Å². The molecule has 0 aliphatic rings. The summed E-state index contributed by atoms with van der Waals surface area (Å²) in [5, 5.41) is 7.03. The van der Waals surface area contributed by atoms with Crippen molar-refractivity contribution in [3.8, 4) is 0 Å². The lowest BCUT2D eigenvalue weighted by Crippen LogP contribution is -2.17. The van der Waals surface area contributed by atoms with Gasteiger partial charge in [-0.2, -0.15) is 0 Å². The second-order valence-corrected chi connectivity index (χ2v) is 6.04. The maximum absolute atomic E-state index is 11.6. The topological polar surface area (TPSA) is 41.1 Å². The van der Waals surface area contributed by atoms with E-state index in [4.69, 9.17) is 23.2 Å². The van der Waals surface area contributed by atoms with Crippen LogP contribution in [-0.2, 0) is 6.54 Å². The summed E-state index contributed by atoms with van der Waals surface area (Å²) in [7, 11) is 1.59. The second kappa shape index (κ2) is 7.16. The first-order chi connectivity index (χ1) is 10.0. The maximum atomic E-state index is 11.6. The smallest absolute Gasteiger partial charge is 0.251 e. The molecule has 0 spiro atoms. The van der Waals surface area contributed by atoms with E-state index in [1.54, 1.807) is 25.2 Å². The quantitative estimate of drug-likeness (QED) is 0.796. The van der Waals surface area contributed by atoms with E-state index in [0.717, 1.165) is 10.0 Å². The van der Waals surface area contributed by atoms with Crippen LogP contribution in [0.1, 0.15) is 15.9 Å². The van der Waals surface area contributed by atoms with Gasteiger partial charge < -0.3 is 10.6 Å². The zero-order valence-electron chi connectivity index (χ0n) is 11.2. The van der Waals surface area contributed by atoms with E-state index in [1.807, 2.05) is 18.2 Å². The van der Waals surface area contributed by atoms with Crippen LogP contribution in [0.2, 0.25) is 10.0 Å². The molecular weight excluding hydrogens is 375 g/mol. The van der Waals surface area contributed by atoms with Gasteiger partial charge in [0.15, 0.2) is 0 Å². The van der Waals surface area contributed by atoms with Crippen LogP contribution < -0.4 is 10.6 Å². The number of anilines is 1. The molecule has 0 fully saturated rings. The summed E-state index contributed by atoms with van der Waals surface area (Å²) in [6.07, 6.45) is 0. The molecule has 0 atom stereocenters. The Balaban J connectivity index is 2.15. The van der Waals surface area contributed by atoms with Gasteiger partial charge in [0.25, 0.3) is 5.91 Å². The van der Waals surface area contributed by atoms with Gasteiger partial charge in [0.2, 0.25) is 0 Å². The summed E-state index contributed by atoms with van der Waals surface area (Å²) in [4.78, 5) is 11.6. The van der Waals surface area contributed by atoms with Gasteiger partial charge in [0.1, 0.15) is 0 Å². The molecule has 0 unspecified atom stereocenters. The Labute approximate surface area is 141 Å². The van der Waals surface area contributed by atoms with Gasteiger partial charge in [-0.05, 0) is 51.8 Å². The van der Waals surface area contributed by atoms with Gasteiger partial charge in [-0.25, -0.2) is 0 Å². The minimum absolute atomic E-state index is 0.149. The van der Waals surface area contributed by atoms with Gasteiger partial charge in [-0.1, -0.05) is 29.3 Å². The molecule has 0 bridgehead atoms. The molecule has 0 saturated heterocycles. The number of benzene rings is 2. The zero-order chi connectivity index (χ0) is 15.4. The predicted molar refractivity (Wildman–Crippen MR) is 91.3 cm³/mol. The van der Waals surface area contributed by atoms with Crippen molar-refractivity contribution in [3.63, 3.8) is 0 Å². The van der Waals surface area contributed by atoms with Crippen molar-refractivity contribution in [2.75, 3.05) is 12.4 Å². The maximum Gasteiger partial charge on any atom is 0.251 e. The van der Waals surface area contributed by atoms with Crippen LogP contribution in [-0.4, -0.2) is 13.0 Å². The van der Waals surface area contributed by atoms with Gasteiger partial charge in [-0.15, -0.1) is 0 Å². The number of amides is 1. The van der Waals surface area contributed by atoms with Crippen LogP contribution in [0.25, 0.3) is 0 Å². The molecule has 0 heterocycles. The van der Waals surface area contributed by atoms with E-state index >= 15 is 0 Å². The number of carbonyl (C=O) groups excluding carboxylic acids is 1. The minimum Gasteiger partial charge on any atom is -0.380 e. The number of halogens is 3. The molecule has 0 aliphatic heterocycles. The summed E-state index contributed by atoms with van der Waals surface area (Å²) >= 11 is 15.5. The summed E-state index contributed by atoms with van der Waals surface area (Å²) in [5.74, 6) is -0.149. The first-order valence-corrected chi connectivity index (χ1v) is 7.75. The Morgan fingerprint density at radius 3 is 2.52 bits per heavy atom. The molecule has 0 aliphatic carbocycles. The Kier molecular flexibility index (Phi) is 5.51. The van der Waals surface area contributed by atoms with E-state index in [9.17, 15) is 4.79 Å². The van der Waals surface area contributed by atoms with E-state index in [2.05, 4.69) is 26.6 Å². The van der Waals surface area contributed by atoms with Crippen molar-refractivity contribution in [3.05, 3.63) is 62.0 Å². The van der Waals surface area contributed by atoms with Crippen molar-refractivity contribution in [1.82, 2.24) is 5.32 Å². The SMILES string of the molecule is CNC(=O)c1ccc(Cl)c(NCc2ccc(Cl)c(Br)c2)c1. The summed E-state index contributed by atoms with van der Waals surface area (Å²) in [5.41, 5.74) is 2.32. The van der Waals surface area contributed by atoms with Crippen molar-refractivity contribution in [2.24, 2.45) is 0 Å². The molecule has 2 N–H and O–H groups in total. The molecule has 2 rings (SSSR count). The van der Waals surface area contributed by atoms with E-state index < -0.39 is 0 Å². The molecule has 21 heavy (non-hydrogen) atoms. The molecule has 0 aromatic heterocycles. The Morgan fingerprint density at radius 1 is 1.14 bits per heavy atom. The summed E-state index contributed by atoms with van der Waals surface area (Å²) in [6, 6.07) is 10.8. The third kappa shape index (κ3) is 4.13. The molecule has 1 amide bonds. The largest absolute Gasteiger partial charge is 0.380 e. The highest BCUT2D eigenvalue weighted by Crippen LogP contribution is 2.26. The highest BCUT2D eigenvalue weighted by atomic mass is 79.9. The third-order valence-corrected chi connectivity index (χ3v) is 4.47. The average Bonchev–Trinajstić information content (AvgIpc) is 2.49. The number of nitrogens with one attached hydrogen (secondary N) is 2. The van der Waals surface area contributed by atoms with Crippen molar-refractivity contribution < 1.29 is 4.79 Å². The Bertz CT molecular complexity index is 677. The average molecular weight is 388 g/mol. The van der Waals surface area contributed by atoms with Crippen LogP contribution >= 0.6 is 39.1 Å². The van der Waals surface area contributed by atoms with Gasteiger partial charge >= 0.3 is 0 Å². The van der Waals surface area contributed by atoms with Crippen LogP contribution in [0.4, 0.5) is 5.69 Å². The van der Waals surface area contributed by atoms with E-state index in [-0.39, 0.29) is 5.91 Å². The Hall–Kier alpha value is -1.23. The van der Waals surface area contributed by atoms with E-state index in [1.165, 1.54) is 0 Å². The second-order valence-electron chi connectivity index (χ2n) is 4.38. The molecule has 0 saturated carbocycles. The molecule has 2 aromatic carbocycles. The van der Waals surface area contributed by atoms with Crippen molar-refractivity contribution >= 4 is 50.7 Å². The first-order valence-electron chi connectivity index (χ1n) is 6.20. The third-order valence-electron chi connectivity index (χ3n) is 2.92. The zero-order valence-corrected chi connectivity index (χ0v) is 14.3. The molecule has 2 aromatic rings. The van der Waals surface area contributed by atoms with Gasteiger partial charge in [0.05, 0.1) is 15.7 Å². The molecule has 0 radical (unpaired) electrons. The van der Waals surface area contributed by atoms with Crippen LogP contribution in [0, 0.1) is 0 Å². The van der Waals surface area contributed by atoms with E-state index in [0.29, 0.717) is 27.8 Å². The molecule has 110 valence electrons. The van der Waals surface area contributed by atoms with Crippen molar-refractivity contribution in [2.45, 2.75) is 6.54 Å². The number of rotatable bonds is 4. The fourth-order valence-electron chi connectivity index (χ4n) is 1.79. The highest BCUT2D eigenvalue weighted by Gasteiger charge is 2.07. The van der Waals surface area contributed by atoms with Crippen LogP contribution in [0.5, 0.6) is 0 Å². The summed E-state index contributed by atoms with van der Waals surface area (Å²) < 4.78 is 0.841. The highest BCUT2D eigenvalue weighted by molar-refractivity contribution is 9.10. The predicted octanol–water partition coefficient (Wildman–Crippen LogP) is 4.73. The lowest BCUT2D eigenvalue weighted by Gasteiger charge is -2.11. The number of carbonyl (C=O) groups is 1. The molecular formula is C15H13BrCl2N2O. The Morgan fingerprint density at radius 2 is 1.86 bits per heavy atom. The minimum atomic E-state index is -0.149. The fourth-order valence-corrected chi connectivity index (χ4v) is 2.52. The monoisotopic (exact) mass is 386 g/mol. The number of hydrogen-bond donors (Lipinski definition) is 2. The lowest BCUT2D eigenvalue weighted by atomic mass is 10.1. The first kappa shape index (κ1) is 16.1. The summed E-state index contributed by atoms with van der Waals surface area (Å²) in [6.45, 7) is 0.576. The number of hydrogen-bond acceptors (Lipinski definition) is 2. The van der Waals surface area contributed by atoms with Crippen LogP contribution in [0.15, 0.2) is 40.9 Å². The fraction of sp³-hybridized carbons (Fsp3) is 0.133. The standard InChI is InChI=1S/C15H13BrCl2N2O/c1-19-15(21)10-3-5-13(18)14(7-10)20-8-9-2-4-12(17)11(16)6-9/h2-7,20H,8H2,1H3,(H,19,21). The molecule has 6 heteroatoms. The van der Waals surface area contributed by atoms with Gasteiger partial charge in [-0.3, -0.25) is 4.79 Å². The van der Waals surface area contributed by atoms with Crippen LogP contribution in [0.3, 0.4) is 0 Å². The lowest BCUT2D eigenvalue weighted by molar-refractivity contribution is 0.0963. The molecule has 3 nitrogen and oxygen atoms in total. The normalized spacial score (nSPS) is 10.3. The van der Waals surface area contributed by atoms with Gasteiger partial charge in [0, 0.05) is 23.6 Å².